The van der Waals surface area contributed by atoms with Gasteiger partial charge in [0.05, 0.1) is 11.3 Å². The molecule has 1 amide bonds. The molecule has 27 heavy (non-hydrogen) atoms. The molecule has 0 spiro atoms. The van der Waals surface area contributed by atoms with Crippen molar-refractivity contribution >= 4 is 34.3 Å². The number of rotatable bonds is 4. The Morgan fingerprint density at radius 3 is 2.00 bits per heavy atom. The number of benzene rings is 3. The third kappa shape index (κ3) is 3.25. The maximum Gasteiger partial charge on any atom is 0.221 e. The van der Waals surface area contributed by atoms with Gasteiger partial charge in [0.2, 0.25) is 5.91 Å². The molecule has 0 unspecified atom stereocenters. The number of carbonyl (C=O) groups is 2. The lowest BCUT2D eigenvalue weighted by Crippen LogP contribution is -2.05. The van der Waals surface area contributed by atoms with Crippen LogP contribution in [0, 0.1) is 0 Å². The molecule has 1 aliphatic rings. The van der Waals surface area contributed by atoms with Crippen LogP contribution in [0.1, 0.15) is 28.4 Å². The molecule has 1 aliphatic carbocycles. The van der Waals surface area contributed by atoms with E-state index < -0.39 is 0 Å². The van der Waals surface area contributed by atoms with Gasteiger partial charge in [-0.05, 0) is 29.8 Å². The van der Waals surface area contributed by atoms with Gasteiger partial charge in [-0.15, -0.1) is 0 Å². The zero-order chi connectivity index (χ0) is 18.8. The first-order valence-corrected chi connectivity index (χ1v) is 8.72. The fourth-order valence-corrected chi connectivity index (χ4v) is 3.28. The van der Waals surface area contributed by atoms with Gasteiger partial charge in [0.25, 0.3) is 0 Å². The van der Waals surface area contributed by atoms with Gasteiger partial charge < -0.3 is 10.6 Å². The molecule has 0 heterocycles. The normalized spacial score (nSPS) is 12.7. The predicted molar refractivity (Wildman–Crippen MR) is 108 cm³/mol. The van der Waals surface area contributed by atoms with Crippen molar-refractivity contribution < 1.29 is 9.59 Å². The summed E-state index contributed by atoms with van der Waals surface area (Å²) < 4.78 is 0. The summed E-state index contributed by atoms with van der Waals surface area (Å²) in [6, 6.07) is 24.7. The van der Waals surface area contributed by atoms with E-state index in [1.54, 1.807) is 0 Å². The molecule has 0 bridgehead atoms. The number of hydrogen-bond donors (Lipinski definition) is 2. The summed E-state index contributed by atoms with van der Waals surface area (Å²) in [6.45, 7) is 1.48. The number of nitrogens with one attached hydrogen (secondary N) is 2. The summed E-state index contributed by atoms with van der Waals surface area (Å²) in [5.74, 6) is -0.0886. The molecule has 0 aromatic heterocycles. The average molecular weight is 354 g/mol. The number of carbonyl (C=O) groups excluding carboxylic acids is 2. The molecule has 4 heteroatoms. The third-order valence-electron chi connectivity index (χ3n) is 4.46. The Morgan fingerprint density at radius 1 is 0.741 bits per heavy atom. The van der Waals surface area contributed by atoms with Crippen molar-refractivity contribution in [3.05, 3.63) is 95.6 Å². The van der Waals surface area contributed by atoms with Gasteiger partial charge in [-0.3, -0.25) is 9.59 Å². The number of allylic oxidation sites excluding steroid dienone is 1. The second-order valence-corrected chi connectivity index (χ2v) is 6.37. The highest BCUT2D eigenvalue weighted by molar-refractivity contribution is 6.40. The minimum absolute atomic E-state index is 0.0224. The Hall–Kier alpha value is -3.66. The van der Waals surface area contributed by atoms with Crippen LogP contribution in [0.5, 0.6) is 0 Å². The van der Waals surface area contributed by atoms with Crippen molar-refractivity contribution in [2.24, 2.45) is 0 Å². The Morgan fingerprint density at radius 2 is 1.33 bits per heavy atom. The number of Topliss-reactive ketones (excluding diaryl/α,β-unsaturated/α-hetero) is 1. The van der Waals surface area contributed by atoms with Crippen molar-refractivity contribution in [2.45, 2.75) is 6.92 Å². The molecule has 4 rings (SSSR count). The van der Waals surface area contributed by atoms with E-state index in [4.69, 9.17) is 0 Å². The van der Waals surface area contributed by atoms with E-state index in [1.165, 1.54) is 6.92 Å². The Kier molecular flexibility index (Phi) is 4.30. The van der Waals surface area contributed by atoms with Crippen LogP contribution in [0.3, 0.4) is 0 Å². The summed E-state index contributed by atoms with van der Waals surface area (Å²) in [5, 5.41) is 6.15. The Bertz CT molecular complexity index is 1050. The maximum absolute atomic E-state index is 13.0. The summed E-state index contributed by atoms with van der Waals surface area (Å²) >= 11 is 0. The van der Waals surface area contributed by atoms with Crippen LogP contribution in [-0.2, 0) is 4.79 Å². The van der Waals surface area contributed by atoms with Gasteiger partial charge >= 0.3 is 0 Å². The summed E-state index contributed by atoms with van der Waals surface area (Å²) in [5.41, 5.74) is 5.53. The van der Waals surface area contributed by atoms with Crippen LogP contribution < -0.4 is 10.6 Å². The van der Waals surface area contributed by atoms with Crippen molar-refractivity contribution in [1.29, 1.82) is 0 Å². The minimum atomic E-state index is -0.111. The zero-order valence-corrected chi connectivity index (χ0v) is 14.8. The first-order chi connectivity index (χ1) is 13.1. The van der Waals surface area contributed by atoms with Gasteiger partial charge in [-0.25, -0.2) is 0 Å². The fraction of sp³-hybridized carbons (Fsp3) is 0.0435. The average Bonchev–Trinajstić information content (AvgIpc) is 2.96. The molecular formula is C23H18N2O2. The van der Waals surface area contributed by atoms with E-state index >= 15 is 0 Å². The molecule has 0 saturated heterocycles. The first-order valence-electron chi connectivity index (χ1n) is 8.72. The van der Waals surface area contributed by atoms with Gasteiger partial charge in [0.1, 0.15) is 0 Å². The molecule has 132 valence electrons. The van der Waals surface area contributed by atoms with Crippen molar-refractivity contribution in [1.82, 2.24) is 0 Å². The fourth-order valence-electron chi connectivity index (χ4n) is 3.28. The molecule has 3 aromatic carbocycles. The van der Waals surface area contributed by atoms with E-state index in [2.05, 4.69) is 10.6 Å². The lowest BCUT2D eigenvalue weighted by molar-refractivity contribution is -0.114. The van der Waals surface area contributed by atoms with Crippen molar-refractivity contribution in [2.75, 3.05) is 10.6 Å². The largest absolute Gasteiger partial charge is 0.354 e. The summed E-state index contributed by atoms with van der Waals surface area (Å²) in [6.07, 6.45) is 0. The van der Waals surface area contributed by atoms with E-state index in [-0.39, 0.29) is 11.7 Å². The zero-order valence-electron chi connectivity index (χ0n) is 14.8. The van der Waals surface area contributed by atoms with Gasteiger partial charge in [-0.2, -0.15) is 0 Å². The molecule has 0 fully saturated rings. The number of hydrogen-bond acceptors (Lipinski definition) is 3. The van der Waals surface area contributed by atoms with Crippen molar-refractivity contribution in [3.8, 4) is 0 Å². The molecule has 4 nitrogen and oxygen atoms in total. The van der Waals surface area contributed by atoms with Crippen LogP contribution in [0.25, 0.3) is 11.3 Å². The number of fused-ring (bicyclic) bond motifs is 1. The van der Waals surface area contributed by atoms with E-state index in [1.807, 2.05) is 78.9 Å². The summed E-state index contributed by atoms with van der Waals surface area (Å²) in [4.78, 5) is 24.2. The first kappa shape index (κ1) is 16.8. The maximum atomic E-state index is 13.0. The SMILES string of the molecule is CC(=O)Nc1ccc(NC2=C(c3ccccc3)C(=O)c3ccccc32)cc1. The van der Waals surface area contributed by atoms with E-state index in [0.717, 1.165) is 28.2 Å². The molecular weight excluding hydrogens is 336 g/mol. The Labute approximate surface area is 157 Å². The molecule has 0 aliphatic heterocycles. The number of ketones is 1. The van der Waals surface area contributed by atoms with Gasteiger partial charge in [-0.1, -0.05) is 54.6 Å². The van der Waals surface area contributed by atoms with E-state index in [9.17, 15) is 9.59 Å². The monoisotopic (exact) mass is 354 g/mol. The van der Waals surface area contributed by atoms with Crippen LogP contribution in [0.4, 0.5) is 11.4 Å². The number of anilines is 2. The third-order valence-corrected chi connectivity index (χ3v) is 4.46. The van der Waals surface area contributed by atoms with E-state index in [0.29, 0.717) is 11.1 Å². The molecule has 2 N–H and O–H groups in total. The lowest BCUT2D eigenvalue weighted by Gasteiger charge is -2.12. The van der Waals surface area contributed by atoms with Crippen LogP contribution >= 0.6 is 0 Å². The second kappa shape index (κ2) is 6.92. The van der Waals surface area contributed by atoms with Crippen molar-refractivity contribution in [3.63, 3.8) is 0 Å². The molecule has 0 atom stereocenters. The van der Waals surface area contributed by atoms with Crippen LogP contribution in [-0.4, -0.2) is 11.7 Å². The van der Waals surface area contributed by atoms with Gasteiger partial charge in [0, 0.05) is 29.4 Å². The highest BCUT2D eigenvalue weighted by Crippen LogP contribution is 2.38. The van der Waals surface area contributed by atoms with Crippen LogP contribution in [0.2, 0.25) is 0 Å². The number of amides is 1. The molecule has 3 aromatic rings. The highest BCUT2D eigenvalue weighted by Gasteiger charge is 2.30. The van der Waals surface area contributed by atoms with Crippen LogP contribution in [0.15, 0.2) is 78.9 Å². The molecule has 0 radical (unpaired) electrons. The highest BCUT2D eigenvalue weighted by atomic mass is 16.1. The predicted octanol–water partition coefficient (Wildman–Crippen LogP) is 4.82. The minimum Gasteiger partial charge on any atom is -0.354 e. The standard InChI is InChI=1S/C23H18N2O2/c1-15(26)24-17-11-13-18(14-12-17)25-22-19-9-5-6-10-20(19)23(27)21(22)16-7-3-2-4-8-16/h2-14,25H,1H3,(H,24,26). The molecule has 0 saturated carbocycles. The topological polar surface area (TPSA) is 58.2 Å². The quantitative estimate of drug-likeness (QED) is 0.706. The summed E-state index contributed by atoms with van der Waals surface area (Å²) in [7, 11) is 0. The smallest absolute Gasteiger partial charge is 0.221 e. The Balaban J connectivity index is 1.76. The van der Waals surface area contributed by atoms with Gasteiger partial charge in [0.15, 0.2) is 5.78 Å². The second-order valence-electron chi connectivity index (χ2n) is 6.37. The lowest BCUT2D eigenvalue weighted by atomic mass is 10.0.